The third kappa shape index (κ3) is 3.70. The molecule has 3 nitrogen and oxygen atoms in total. The molecule has 0 aliphatic heterocycles. The van der Waals surface area contributed by atoms with Crippen molar-refractivity contribution in [1.29, 1.82) is 0 Å². The maximum absolute atomic E-state index is 10.3. The molecular weight excluding hydrogens is 200 g/mol. The maximum atomic E-state index is 10.3. The van der Waals surface area contributed by atoms with Crippen molar-refractivity contribution in [2.24, 2.45) is 0 Å². The van der Waals surface area contributed by atoms with Gasteiger partial charge in [0.15, 0.2) is 0 Å². The Hall–Kier alpha value is -1.16. The lowest BCUT2D eigenvalue weighted by Gasteiger charge is -2.01. The average Bonchev–Trinajstić information content (AvgIpc) is 2.18. The summed E-state index contributed by atoms with van der Waals surface area (Å²) in [7, 11) is 1.62. The molecule has 0 aliphatic rings. The van der Waals surface area contributed by atoms with Gasteiger partial charge in [0.25, 0.3) is 0 Å². The smallest absolute Gasteiger partial charge is 0.304 e. The predicted octanol–water partition coefficient (Wildman–Crippen LogP) is 2.26. The van der Waals surface area contributed by atoms with Gasteiger partial charge in [-0.05, 0) is 24.3 Å². The standard InChI is InChI=1S/C10H12O3S/c1-13-8-2-4-9(5-3-8)14-7-6-10(11)12/h2-5H,6-7H2,1H3,(H,11,12). The van der Waals surface area contributed by atoms with Gasteiger partial charge in [-0.25, -0.2) is 0 Å². The Morgan fingerprint density at radius 3 is 2.57 bits per heavy atom. The number of hydrogen-bond donors (Lipinski definition) is 1. The fourth-order valence-electron chi connectivity index (χ4n) is 0.928. The third-order valence-electron chi connectivity index (χ3n) is 1.64. The highest BCUT2D eigenvalue weighted by Gasteiger charge is 1.98. The Morgan fingerprint density at radius 1 is 1.43 bits per heavy atom. The van der Waals surface area contributed by atoms with Gasteiger partial charge < -0.3 is 9.84 Å². The highest BCUT2D eigenvalue weighted by atomic mass is 32.2. The summed E-state index contributed by atoms with van der Waals surface area (Å²) in [5.74, 6) is 0.653. The van der Waals surface area contributed by atoms with Crippen LogP contribution in [0.15, 0.2) is 29.2 Å². The summed E-state index contributed by atoms with van der Waals surface area (Å²) < 4.78 is 5.01. The van der Waals surface area contributed by atoms with Crippen molar-refractivity contribution in [3.05, 3.63) is 24.3 Å². The van der Waals surface area contributed by atoms with Crippen molar-refractivity contribution in [2.75, 3.05) is 12.9 Å². The zero-order chi connectivity index (χ0) is 10.4. The first kappa shape index (κ1) is 10.9. The van der Waals surface area contributed by atoms with Crippen LogP contribution in [0.1, 0.15) is 6.42 Å². The van der Waals surface area contributed by atoms with Crippen LogP contribution in [0.5, 0.6) is 5.75 Å². The van der Waals surface area contributed by atoms with Crippen molar-refractivity contribution in [1.82, 2.24) is 0 Å². The number of rotatable bonds is 5. The van der Waals surface area contributed by atoms with E-state index in [1.54, 1.807) is 7.11 Å². The molecule has 0 saturated heterocycles. The molecule has 0 amide bonds. The summed E-state index contributed by atoms with van der Waals surface area (Å²) in [6, 6.07) is 7.57. The molecule has 4 heteroatoms. The fourth-order valence-corrected chi connectivity index (χ4v) is 1.77. The van der Waals surface area contributed by atoms with E-state index in [9.17, 15) is 4.79 Å². The maximum Gasteiger partial charge on any atom is 0.304 e. The van der Waals surface area contributed by atoms with Crippen molar-refractivity contribution in [3.63, 3.8) is 0 Å². The molecule has 0 atom stereocenters. The summed E-state index contributed by atoms with van der Waals surface area (Å²) in [4.78, 5) is 11.3. The number of carbonyl (C=O) groups is 1. The first-order chi connectivity index (χ1) is 6.72. The molecule has 1 rings (SSSR count). The molecule has 0 saturated carbocycles. The number of hydrogen-bond acceptors (Lipinski definition) is 3. The van der Waals surface area contributed by atoms with Gasteiger partial charge in [0.05, 0.1) is 13.5 Å². The Morgan fingerprint density at radius 2 is 2.07 bits per heavy atom. The molecule has 0 heterocycles. The monoisotopic (exact) mass is 212 g/mol. The number of ether oxygens (including phenoxy) is 1. The second-order valence-corrected chi connectivity index (χ2v) is 3.84. The van der Waals surface area contributed by atoms with Gasteiger partial charge in [-0.2, -0.15) is 0 Å². The number of thioether (sulfide) groups is 1. The van der Waals surface area contributed by atoms with E-state index in [0.29, 0.717) is 5.75 Å². The van der Waals surface area contributed by atoms with Crippen molar-refractivity contribution in [2.45, 2.75) is 11.3 Å². The van der Waals surface area contributed by atoms with Crippen molar-refractivity contribution >= 4 is 17.7 Å². The molecule has 1 N–H and O–H groups in total. The van der Waals surface area contributed by atoms with Crippen LogP contribution >= 0.6 is 11.8 Å². The fraction of sp³-hybridized carbons (Fsp3) is 0.300. The highest BCUT2D eigenvalue weighted by molar-refractivity contribution is 7.99. The lowest BCUT2D eigenvalue weighted by molar-refractivity contribution is -0.136. The van der Waals surface area contributed by atoms with E-state index in [1.807, 2.05) is 24.3 Å². The van der Waals surface area contributed by atoms with Crippen LogP contribution in [0.2, 0.25) is 0 Å². The summed E-state index contributed by atoms with van der Waals surface area (Å²) in [6.45, 7) is 0. The molecule has 0 radical (unpaired) electrons. The first-order valence-electron chi connectivity index (χ1n) is 4.21. The van der Waals surface area contributed by atoms with E-state index < -0.39 is 5.97 Å². The summed E-state index contributed by atoms with van der Waals surface area (Å²) >= 11 is 1.53. The molecule has 1 aromatic rings. The van der Waals surface area contributed by atoms with Gasteiger partial charge in [-0.3, -0.25) is 4.79 Å². The molecule has 1 aromatic carbocycles. The van der Waals surface area contributed by atoms with Gasteiger partial charge >= 0.3 is 5.97 Å². The van der Waals surface area contributed by atoms with Crippen LogP contribution in [-0.2, 0) is 4.79 Å². The number of carboxylic acids is 1. The van der Waals surface area contributed by atoms with Crippen molar-refractivity contribution < 1.29 is 14.6 Å². The lowest BCUT2D eigenvalue weighted by atomic mass is 10.3. The van der Waals surface area contributed by atoms with Crippen LogP contribution in [0.25, 0.3) is 0 Å². The second-order valence-electron chi connectivity index (χ2n) is 2.67. The summed E-state index contributed by atoms with van der Waals surface area (Å²) in [6.07, 6.45) is 0.191. The second kappa shape index (κ2) is 5.54. The highest BCUT2D eigenvalue weighted by Crippen LogP contribution is 2.21. The predicted molar refractivity (Wildman–Crippen MR) is 56.0 cm³/mol. The SMILES string of the molecule is COc1ccc(SCCC(=O)O)cc1. The molecule has 0 aliphatic carbocycles. The van der Waals surface area contributed by atoms with Gasteiger partial charge in [-0.1, -0.05) is 0 Å². The minimum absolute atomic E-state index is 0.191. The lowest BCUT2D eigenvalue weighted by Crippen LogP contribution is -1.95. The van der Waals surface area contributed by atoms with E-state index in [1.165, 1.54) is 11.8 Å². The van der Waals surface area contributed by atoms with Gasteiger partial charge in [0.2, 0.25) is 0 Å². The third-order valence-corrected chi connectivity index (χ3v) is 2.66. The minimum atomic E-state index is -0.758. The zero-order valence-corrected chi connectivity index (χ0v) is 8.71. The number of methoxy groups -OCH3 is 1. The molecule has 14 heavy (non-hydrogen) atoms. The Balaban J connectivity index is 2.40. The Kier molecular flexibility index (Phi) is 4.32. The van der Waals surface area contributed by atoms with Crippen LogP contribution in [-0.4, -0.2) is 23.9 Å². The van der Waals surface area contributed by atoms with Gasteiger partial charge in [0, 0.05) is 10.6 Å². The zero-order valence-electron chi connectivity index (χ0n) is 7.90. The average molecular weight is 212 g/mol. The van der Waals surface area contributed by atoms with Crippen LogP contribution in [0, 0.1) is 0 Å². The first-order valence-corrected chi connectivity index (χ1v) is 5.19. The van der Waals surface area contributed by atoms with E-state index in [-0.39, 0.29) is 6.42 Å². The van der Waals surface area contributed by atoms with E-state index in [0.717, 1.165) is 10.6 Å². The van der Waals surface area contributed by atoms with E-state index in [4.69, 9.17) is 9.84 Å². The summed E-state index contributed by atoms with van der Waals surface area (Å²) in [5.41, 5.74) is 0. The molecular formula is C10H12O3S. The number of benzene rings is 1. The topological polar surface area (TPSA) is 46.5 Å². The van der Waals surface area contributed by atoms with Crippen molar-refractivity contribution in [3.8, 4) is 5.75 Å². The number of carboxylic acid groups (broad SMARTS) is 1. The quantitative estimate of drug-likeness (QED) is 0.760. The number of aliphatic carboxylic acids is 1. The van der Waals surface area contributed by atoms with E-state index >= 15 is 0 Å². The van der Waals surface area contributed by atoms with Crippen LogP contribution in [0.3, 0.4) is 0 Å². The van der Waals surface area contributed by atoms with Crippen LogP contribution in [0.4, 0.5) is 0 Å². The molecule has 0 aromatic heterocycles. The molecule has 76 valence electrons. The Bertz CT molecular complexity index is 295. The van der Waals surface area contributed by atoms with Gasteiger partial charge in [0.1, 0.15) is 5.75 Å². The minimum Gasteiger partial charge on any atom is -0.497 e. The molecule has 0 spiro atoms. The molecule has 0 unspecified atom stereocenters. The Labute approximate surface area is 87.1 Å². The molecule has 0 bridgehead atoms. The summed E-state index contributed by atoms with van der Waals surface area (Å²) in [5, 5.41) is 8.44. The van der Waals surface area contributed by atoms with E-state index in [2.05, 4.69) is 0 Å². The van der Waals surface area contributed by atoms with Crippen LogP contribution < -0.4 is 4.74 Å². The van der Waals surface area contributed by atoms with Gasteiger partial charge in [-0.15, -0.1) is 11.8 Å². The normalized spacial score (nSPS) is 9.79. The largest absolute Gasteiger partial charge is 0.497 e. The molecule has 0 fully saturated rings.